The first-order valence-electron chi connectivity index (χ1n) is 7.58. The van der Waals surface area contributed by atoms with Crippen LogP contribution in [-0.2, 0) is 22.3 Å². The lowest BCUT2D eigenvalue weighted by Gasteiger charge is -2.08. The molecular formula is C16H20ClF3N4O2. The summed E-state index contributed by atoms with van der Waals surface area (Å²) in [6.07, 6.45) is -3.21. The Morgan fingerprint density at radius 2 is 1.92 bits per heavy atom. The Balaban J connectivity index is 0.00000338. The minimum absolute atomic E-state index is 0. The van der Waals surface area contributed by atoms with Gasteiger partial charge in [-0.2, -0.15) is 18.3 Å². The third kappa shape index (κ3) is 6.66. The zero-order chi connectivity index (χ0) is 18.3. The highest BCUT2D eigenvalue weighted by atomic mass is 35.5. The van der Waals surface area contributed by atoms with Gasteiger partial charge in [0.2, 0.25) is 5.91 Å². The average Bonchev–Trinajstić information content (AvgIpc) is 3.08. The van der Waals surface area contributed by atoms with Gasteiger partial charge in [-0.3, -0.25) is 4.79 Å². The molecule has 1 amide bonds. The summed E-state index contributed by atoms with van der Waals surface area (Å²) in [7, 11) is 1.58. The molecule has 0 bridgehead atoms. The number of rotatable bonds is 8. The van der Waals surface area contributed by atoms with Crippen LogP contribution >= 0.6 is 12.4 Å². The van der Waals surface area contributed by atoms with Crippen LogP contribution < -0.4 is 10.6 Å². The topological polar surface area (TPSA) is 68.2 Å². The van der Waals surface area contributed by atoms with Gasteiger partial charge in [-0.05, 0) is 23.8 Å². The molecule has 0 atom stereocenters. The molecule has 1 aromatic heterocycles. The van der Waals surface area contributed by atoms with Crippen molar-refractivity contribution in [3.8, 4) is 5.69 Å². The highest BCUT2D eigenvalue weighted by Crippen LogP contribution is 2.27. The monoisotopic (exact) mass is 392 g/mol. The van der Waals surface area contributed by atoms with E-state index in [0.29, 0.717) is 25.4 Å². The third-order valence-electron chi connectivity index (χ3n) is 3.34. The molecule has 0 aliphatic heterocycles. The molecular weight excluding hydrogens is 373 g/mol. The number of aromatic nitrogens is 2. The number of carbonyl (C=O) groups excluding carboxylic acids is 1. The lowest BCUT2D eigenvalue weighted by atomic mass is 10.2. The second-order valence-corrected chi connectivity index (χ2v) is 5.26. The summed E-state index contributed by atoms with van der Waals surface area (Å²) in [5, 5.41) is 9.18. The van der Waals surface area contributed by atoms with Crippen LogP contribution in [0.25, 0.3) is 5.69 Å². The summed E-state index contributed by atoms with van der Waals surface area (Å²) < 4.78 is 43.7. The third-order valence-corrected chi connectivity index (χ3v) is 3.34. The van der Waals surface area contributed by atoms with Crippen molar-refractivity contribution in [3.63, 3.8) is 0 Å². The number of carbonyl (C=O) groups is 1. The van der Waals surface area contributed by atoms with E-state index in [1.807, 2.05) is 0 Å². The van der Waals surface area contributed by atoms with E-state index < -0.39 is 11.9 Å². The Hall–Kier alpha value is -2.10. The number of halogens is 4. The SMILES string of the molecule is COCCNCC(=O)NCc1ccc(-n2ccc(C(F)(F)F)n2)cc1.Cl. The summed E-state index contributed by atoms with van der Waals surface area (Å²) in [5.74, 6) is -0.151. The highest BCUT2D eigenvalue weighted by Gasteiger charge is 2.33. The normalized spacial score (nSPS) is 11.1. The fraction of sp³-hybridized carbons (Fsp3) is 0.375. The van der Waals surface area contributed by atoms with E-state index in [4.69, 9.17) is 4.74 Å². The van der Waals surface area contributed by atoms with Crippen molar-refractivity contribution >= 4 is 18.3 Å². The lowest BCUT2D eigenvalue weighted by Crippen LogP contribution is -2.34. The first kappa shape index (κ1) is 21.9. The van der Waals surface area contributed by atoms with Crippen molar-refractivity contribution in [1.29, 1.82) is 0 Å². The van der Waals surface area contributed by atoms with Gasteiger partial charge >= 0.3 is 6.18 Å². The molecule has 1 aromatic carbocycles. The highest BCUT2D eigenvalue weighted by molar-refractivity contribution is 5.85. The van der Waals surface area contributed by atoms with Crippen LogP contribution in [0.15, 0.2) is 36.5 Å². The molecule has 26 heavy (non-hydrogen) atoms. The molecule has 0 saturated heterocycles. The number of alkyl halides is 3. The van der Waals surface area contributed by atoms with E-state index in [1.54, 1.807) is 31.4 Å². The molecule has 0 spiro atoms. The minimum atomic E-state index is -4.47. The van der Waals surface area contributed by atoms with Gasteiger partial charge in [0.25, 0.3) is 0 Å². The Labute approximate surface area is 155 Å². The van der Waals surface area contributed by atoms with E-state index in [2.05, 4.69) is 15.7 Å². The largest absolute Gasteiger partial charge is 0.435 e. The molecule has 6 nitrogen and oxygen atoms in total. The number of nitrogens with one attached hydrogen (secondary N) is 2. The Bertz CT molecular complexity index is 690. The number of methoxy groups -OCH3 is 1. The van der Waals surface area contributed by atoms with Gasteiger partial charge in [0.05, 0.1) is 18.8 Å². The number of hydrogen-bond donors (Lipinski definition) is 2. The number of benzene rings is 1. The first-order valence-corrected chi connectivity index (χ1v) is 7.58. The van der Waals surface area contributed by atoms with Crippen LogP contribution in [0.1, 0.15) is 11.3 Å². The number of nitrogens with zero attached hydrogens (tertiary/aromatic N) is 2. The maximum Gasteiger partial charge on any atom is 0.435 e. The van der Waals surface area contributed by atoms with Gasteiger partial charge in [0.15, 0.2) is 5.69 Å². The zero-order valence-electron chi connectivity index (χ0n) is 14.0. The molecule has 0 saturated carbocycles. The van der Waals surface area contributed by atoms with Gasteiger partial charge in [-0.25, -0.2) is 4.68 Å². The molecule has 0 fully saturated rings. The molecule has 0 aliphatic carbocycles. The van der Waals surface area contributed by atoms with Crippen LogP contribution in [0.4, 0.5) is 13.2 Å². The van der Waals surface area contributed by atoms with Crippen LogP contribution in [0.5, 0.6) is 0 Å². The smallest absolute Gasteiger partial charge is 0.383 e. The fourth-order valence-corrected chi connectivity index (χ4v) is 2.02. The van der Waals surface area contributed by atoms with Crippen LogP contribution in [0.2, 0.25) is 0 Å². The number of amides is 1. The summed E-state index contributed by atoms with van der Waals surface area (Å²) in [6.45, 7) is 1.63. The van der Waals surface area contributed by atoms with Crippen molar-refractivity contribution in [2.45, 2.75) is 12.7 Å². The molecule has 2 N–H and O–H groups in total. The van der Waals surface area contributed by atoms with Crippen LogP contribution in [-0.4, -0.2) is 42.5 Å². The quantitative estimate of drug-likeness (QED) is 0.676. The fourth-order valence-electron chi connectivity index (χ4n) is 2.02. The summed E-state index contributed by atoms with van der Waals surface area (Å²) in [5.41, 5.74) is 0.397. The second-order valence-electron chi connectivity index (χ2n) is 5.26. The Morgan fingerprint density at radius 1 is 1.23 bits per heavy atom. The molecule has 144 valence electrons. The van der Waals surface area contributed by atoms with Gasteiger partial charge in [-0.1, -0.05) is 12.1 Å². The molecule has 2 rings (SSSR count). The van der Waals surface area contributed by atoms with Gasteiger partial charge < -0.3 is 15.4 Å². The molecule has 0 unspecified atom stereocenters. The average molecular weight is 393 g/mol. The molecule has 0 radical (unpaired) electrons. The van der Waals surface area contributed by atoms with Gasteiger partial charge in [0, 0.05) is 26.4 Å². The van der Waals surface area contributed by atoms with E-state index in [-0.39, 0.29) is 24.9 Å². The minimum Gasteiger partial charge on any atom is -0.383 e. The standard InChI is InChI=1S/C16H19F3N4O2.ClH/c1-25-9-7-20-11-15(24)21-10-12-2-4-13(5-3-12)23-8-6-14(22-23)16(17,18)19;/h2-6,8,20H,7,9-11H2,1H3,(H,21,24);1H. The van der Waals surface area contributed by atoms with Gasteiger partial charge in [0.1, 0.15) is 0 Å². The van der Waals surface area contributed by atoms with E-state index >= 15 is 0 Å². The predicted molar refractivity (Wildman–Crippen MR) is 92.4 cm³/mol. The summed E-state index contributed by atoms with van der Waals surface area (Å²) in [6, 6.07) is 7.66. The van der Waals surface area contributed by atoms with Crippen molar-refractivity contribution in [1.82, 2.24) is 20.4 Å². The Kier molecular flexibility index (Phi) is 8.56. The summed E-state index contributed by atoms with van der Waals surface area (Å²) in [4.78, 5) is 11.6. The van der Waals surface area contributed by atoms with Crippen molar-refractivity contribution in [2.75, 3.05) is 26.8 Å². The van der Waals surface area contributed by atoms with Gasteiger partial charge in [-0.15, -0.1) is 12.4 Å². The number of ether oxygens (including phenoxy) is 1. The molecule has 2 aromatic rings. The van der Waals surface area contributed by atoms with E-state index in [0.717, 1.165) is 16.3 Å². The molecule has 10 heteroatoms. The number of hydrogen-bond acceptors (Lipinski definition) is 4. The molecule has 0 aliphatic rings. The predicted octanol–water partition coefficient (Wildman–Crippen LogP) is 2.17. The lowest BCUT2D eigenvalue weighted by molar-refractivity contribution is -0.141. The zero-order valence-corrected chi connectivity index (χ0v) is 14.9. The van der Waals surface area contributed by atoms with E-state index in [9.17, 15) is 18.0 Å². The van der Waals surface area contributed by atoms with Crippen LogP contribution in [0.3, 0.4) is 0 Å². The maximum atomic E-state index is 12.6. The molecule has 1 heterocycles. The maximum absolute atomic E-state index is 12.6. The van der Waals surface area contributed by atoms with Crippen LogP contribution in [0, 0.1) is 0 Å². The van der Waals surface area contributed by atoms with Crippen molar-refractivity contribution in [3.05, 3.63) is 47.8 Å². The first-order chi connectivity index (χ1) is 11.9. The second kappa shape index (κ2) is 10.1. The van der Waals surface area contributed by atoms with Crippen molar-refractivity contribution < 1.29 is 22.7 Å². The summed E-state index contributed by atoms with van der Waals surface area (Å²) >= 11 is 0. The Morgan fingerprint density at radius 3 is 2.50 bits per heavy atom. The van der Waals surface area contributed by atoms with E-state index in [1.165, 1.54) is 6.20 Å². The van der Waals surface area contributed by atoms with Crippen molar-refractivity contribution in [2.24, 2.45) is 0 Å².